The van der Waals surface area contributed by atoms with E-state index in [0.29, 0.717) is 10.9 Å². The normalized spacial score (nSPS) is 10.2. The standard InChI is InChI=1S/C9H5N2O2/c12-11(13)8-5-1-3-7-4-2-6-10-9(7)8/h1-2,4-6H. The van der Waals surface area contributed by atoms with Crippen molar-refractivity contribution in [2.75, 3.05) is 0 Å². The van der Waals surface area contributed by atoms with Gasteiger partial charge >= 0.3 is 0 Å². The van der Waals surface area contributed by atoms with Crippen LogP contribution >= 0.6 is 0 Å². The lowest BCUT2D eigenvalue weighted by Gasteiger charge is -1.95. The highest BCUT2D eigenvalue weighted by Gasteiger charge is 2.10. The minimum Gasteiger partial charge on any atom is -0.258 e. The van der Waals surface area contributed by atoms with Crippen LogP contribution in [0.25, 0.3) is 10.9 Å². The van der Waals surface area contributed by atoms with Gasteiger partial charge in [0.15, 0.2) is 0 Å². The average molecular weight is 173 g/mol. The zero-order valence-corrected chi connectivity index (χ0v) is 6.60. The predicted octanol–water partition coefficient (Wildman–Crippen LogP) is 1.94. The van der Waals surface area contributed by atoms with E-state index in [1.54, 1.807) is 12.1 Å². The minimum absolute atomic E-state index is 0.0225. The van der Waals surface area contributed by atoms with Crippen molar-refractivity contribution in [3.05, 3.63) is 46.6 Å². The van der Waals surface area contributed by atoms with E-state index in [-0.39, 0.29) is 5.69 Å². The first kappa shape index (κ1) is 7.67. The van der Waals surface area contributed by atoms with Crippen molar-refractivity contribution in [2.45, 2.75) is 0 Å². The second kappa shape index (κ2) is 2.82. The van der Waals surface area contributed by atoms with Crippen LogP contribution in [0.3, 0.4) is 0 Å². The number of nitro benzene ring substituents is 1. The summed E-state index contributed by atoms with van der Waals surface area (Å²) in [5, 5.41) is 11.2. The van der Waals surface area contributed by atoms with Crippen molar-refractivity contribution < 1.29 is 4.92 Å². The number of hydrogen-bond acceptors (Lipinski definition) is 3. The molecule has 0 saturated carbocycles. The van der Waals surface area contributed by atoms with Crippen molar-refractivity contribution in [1.29, 1.82) is 0 Å². The zero-order chi connectivity index (χ0) is 9.26. The first-order valence-corrected chi connectivity index (χ1v) is 3.69. The van der Waals surface area contributed by atoms with Gasteiger partial charge in [0.2, 0.25) is 0 Å². The highest BCUT2D eigenvalue weighted by Crippen LogP contribution is 2.21. The van der Waals surface area contributed by atoms with Crippen LogP contribution in [0.2, 0.25) is 0 Å². The van der Waals surface area contributed by atoms with Crippen LogP contribution in [0.4, 0.5) is 5.69 Å². The molecule has 63 valence electrons. The van der Waals surface area contributed by atoms with Gasteiger partial charge in [0.1, 0.15) is 5.52 Å². The molecular formula is C9H5N2O2. The fourth-order valence-electron chi connectivity index (χ4n) is 1.16. The highest BCUT2D eigenvalue weighted by atomic mass is 16.6. The summed E-state index contributed by atoms with van der Waals surface area (Å²) in [6.07, 6.45) is 1.53. The molecule has 0 bridgehead atoms. The number of rotatable bonds is 1. The Bertz CT molecular complexity index is 463. The molecular weight excluding hydrogens is 168 g/mol. The van der Waals surface area contributed by atoms with E-state index in [1.807, 2.05) is 0 Å². The first-order valence-electron chi connectivity index (χ1n) is 3.69. The summed E-state index contributed by atoms with van der Waals surface area (Å²) in [7, 11) is 0. The molecule has 1 aromatic heterocycles. The average Bonchev–Trinajstić information content (AvgIpc) is 2.17. The van der Waals surface area contributed by atoms with Gasteiger partial charge in [0, 0.05) is 17.6 Å². The number of nitrogens with zero attached hydrogens (tertiary/aromatic N) is 2. The molecule has 13 heavy (non-hydrogen) atoms. The summed E-state index contributed by atoms with van der Waals surface area (Å²) in [5.74, 6) is 0. The first-order chi connectivity index (χ1) is 6.29. The van der Waals surface area contributed by atoms with Crippen LogP contribution in [0.15, 0.2) is 30.5 Å². The van der Waals surface area contributed by atoms with Crippen LogP contribution in [0.1, 0.15) is 0 Å². The summed E-state index contributed by atoms with van der Waals surface area (Å²) in [4.78, 5) is 14.1. The molecule has 0 unspecified atom stereocenters. The SMILES string of the molecule is O=[N+]([O-])c1cc[c]c2cccnc12. The molecule has 2 rings (SSSR count). The number of benzene rings is 1. The van der Waals surface area contributed by atoms with Crippen LogP contribution in [-0.2, 0) is 0 Å². The van der Waals surface area contributed by atoms with E-state index < -0.39 is 4.92 Å². The number of fused-ring (bicyclic) bond motifs is 1. The Kier molecular flexibility index (Phi) is 1.66. The third-order valence-corrected chi connectivity index (χ3v) is 1.73. The maximum atomic E-state index is 10.6. The van der Waals surface area contributed by atoms with Crippen molar-refractivity contribution in [1.82, 2.24) is 4.98 Å². The maximum absolute atomic E-state index is 10.6. The van der Waals surface area contributed by atoms with E-state index in [0.717, 1.165) is 0 Å². The highest BCUT2D eigenvalue weighted by molar-refractivity contribution is 5.86. The lowest BCUT2D eigenvalue weighted by molar-refractivity contribution is -0.383. The monoisotopic (exact) mass is 173 g/mol. The molecule has 0 spiro atoms. The number of aromatic nitrogens is 1. The largest absolute Gasteiger partial charge is 0.295 e. The Morgan fingerprint density at radius 1 is 1.46 bits per heavy atom. The summed E-state index contributed by atoms with van der Waals surface area (Å²) < 4.78 is 0. The van der Waals surface area contributed by atoms with Gasteiger partial charge in [-0.05, 0) is 18.2 Å². The number of pyridine rings is 1. The topological polar surface area (TPSA) is 56.0 Å². The number of non-ortho nitro benzene ring substituents is 1. The summed E-state index contributed by atoms with van der Waals surface area (Å²) in [5.41, 5.74) is 0.407. The van der Waals surface area contributed by atoms with E-state index in [4.69, 9.17) is 0 Å². The van der Waals surface area contributed by atoms with Crippen molar-refractivity contribution in [3.63, 3.8) is 0 Å². The summed E-state index contributed by atoms with van der Waals surface area (Å²) >= 11 is 0. The van der Waals surface area contributed by atoms with Crippen molar-refractivity contribution in [2.24, 2.45) is 0 Å². The van der Waals surface area contributed by atoms with Gasteiger partial charge in [-0.25, -0.2) is 4.98 Å². The van der Waals surface area contributed by atoms with Crippen molar-refractivity contribution in [3.8, 4) is 0 Å². The van der Waals surface area contributed by atoms with Gasteiger partial charge < -0.3 is 0 Å². The van der Waals surface area contributed by atoms with Crippen LogP contribution in [-0.4, -0.2) is 9.91 Å². The molecule has 0 aliphatic rings. The molecule has 0 fully saturated rings. The van der Waals surface area contributed by atoms with E-state index in [1.165, 1.54) is 18.3 Å². The lowest BCUT2D eigenvalue weighted by Crippen LogP contribution is -1.90. The number of hydrogen-bond donors (Lipinski definition) is 0. The third kappa shape index (κ3) is 1.22. The Labute approximate surface area is 74.0 Å². The Morgan fingerprint density at radius 3 is 3.08 bits per heavy atom. The van der Waals surface area contributed by atoms with Crippen molar-refractivity contribution >= 4 is 16.6 Å². The third-order valence-electron chi connectivity index (χ3n) is 1.73. The molecule has 1 aromatic carbocycles. The van der Waals surface area contributed by atoms with Gasteiger partial charge in [-0.2, -0.15) is 0 Å². The molecule has 0 amide bonds. The Balaban J connectivity index is 2.83. The number of nitro groups is 1. The quantitative estimate of drug-likeness (QED) is 0.489. The molecule has 1 heterocycles. The molecule has 0 atom stereocenters. The summed E-state index contributed by atoms with van der Waals surface area (Å²) in [6, 6.07) is 9.28. The van der Waals surface area contributed by atoms with Gasteiger partial charge in [-0.3, -0.25) is 10.1 Å². The van der Waals surface area contributed by atoms with Crippen LogP contribution in [0, 0.1) is 16.2 Å². The Morgan fingerprint density at radius 2 is 2.31 bits per heavy atom. The lowest BCUT2D eigenvalue weighted by atomic mass is 10.2. The zero-order valence-electron chi connectivity index (χ0n) is 6.60. The molecule has 2 aromatic rings. The second-order valence-corrected chi connectivity index (χ2v) is 2.52. The van der Waals surface area contributed by atoms with E-state index >= 15 is 0 Å². The smallest absolute Gasteiger partial charge is 0.258 e. The second-order valence-electron chi connectivity index (χ2n) is 2.52. The maximum Gasteiger partial charge on any atom is 0.295 e. The van der Waals surface area contributed by atoms with Gasteiger partial charge in [0.25, 0.3) is 5.69 Å². The van der Waals surface area contributed by atoms with Gasteiger partial charge in [0.05, 0.1) is 4.92 Å². The van der Waals surface area contributed by atoms with Crippen LogP contribution < -0.4 is 0 Å². The van der Waals surface area contributed by atoms with E-state index in [2.05, 4.69) is 11.1 Å². The fraction of sp³-hybridized carbons (Fsp3) is 0. The molecule has 0 saturated heterocycles. The molecule has 4 heteroatoms. The van der Waals surface area contributed by atoms with Crippen LogP contribution in [0.5, 0.6) is 0 Å². The van der Waals surface area contributed by atoms with E-state index in [9.17, 15) is 10.1 Å². The molecule has 1 radical (unpaired) electrons. The molecule has 0 aliphatic carbocycles. The Hall–Kier alpha value is -1.97. The molecule has 0 aliphatic heterocycles. The summed E-state index contributed by atoms with van der Waals surface area (Å²) in [6.45, 7) is 0. The fourth-order valence-corrected chi connectivity index (χ4v) is 1.16. The van der Waals surface area contributed by atoms with Gasteiger partial charge in [-0.1, -0.05) is 6.07 Å². The predicted molar refractivity (Wildman–Crippen MR) is 47.2 cm³/mol. The van der Waals surface area contributed by atoms with Gasteiger partial charge in [-0.15, -0.1) is 0 Å². The molecule has 4 nitrogen and oxygen atoms in total. The minimum atomic E-state index is -0.441. The molecule has 0 N–H and O–H groups in total.